The van der Waals surface area contributed by atoms with Crippen LogP contribution < -0.4 is 14.8 Å². The lowest BCUT2D eigenvalue weighted by atomic mass is 9.76. The molecule has 2 amide bonds. The highest BCUT2D eigenvalue weighted by Gasteiger charge is 2.43. The van der Waals surface area contributed by atoms with Gasteiger partial charge in [-0.2, -0.15) is 0 Å². The van der Waals surface area contributed by atoms with Crippen LogP contribution in [0.2, 0.25) is 0 Å². The summed E-state index contributed by atoms with van der Waals surface area (Å²) in [6, 6.07) is 5.18. The number of piperidine rings is 1. The van der Waals surface area contributed by atoms with Gasteiger partial charge in [0.05, 0.1) is 32.1 Å². The van der Waals surface area contributed by atoms with Crippen molar-refractivity contribution < 1.29 is 23.8 Å². The van der Waals surface area contributed by atoms with Gasteiger partial charge in [-0.15, -0.1) is 5.10 Å². The number of ether oxygens (including phenoxy) is 3. The summed E-state index contributed by atoms with van der Waals surface area (Å²) >= 11 is 0. The molecule has 1 aromatic carbocycles. The van der Waals surface area contributed by atoms with Crippen LogP contribution in [0.15, 0.2) is 24.4 Å². The summed E-state index contributed by atoms with van der Waals surface area (Å²) in [5.41, 5.74) is 1.48. The molecule has 0 radical (unpaired) electrons. The average molecular weight is 484 g/mol. The van der Waals surface area contributed by atoms with Gasteiger partial charge in [0.2, 0.25) is 5.91 Å². The Morgan fingerprint density at radius 2 is 2.03 bits per heavy atom. The number of hydrogen-bond acceptors (Lipinski definition) is 7. The molecule has 2 saturated heterocycles. The Bertz CT molecular complexity index is 1060. The number of aryl methyl sites for hydroxylation is 1. The van der Waals surface area contributed by atoms with Gasteiger partial charge in [0, 0.05) is 37.8 Å². The number of hydrogen-bond donors (Lipinski definition) is 1. The van der Waals surface area contributed by atoms with Crippen LogP contribution in [0.3, 0.4) is 0 Å². The predicted molar refractivity (Wildman–Crippen MR) is 126 cm³/mol. The fourth-order valence-corrected chi connectivity index (χ4v) is 5.23. The van der Waals surface area contributed by atoms with Gasteiger partial charge in [-0.3, -0.25) is 9.59 Å². The molecule has 7 heterocycles. The molecule has 2 aromatic rings. The smallest absolute Gasteiger partial charge is 0.251 e. The van der Waals surface area contributed by atoms with E-state index in [2.05, 4.69) is 15.6 Å². The molecule has 1 spiro atoms. The van der Waals surface area contributed by atoms with Crippen LogP contribution in [0.5, 0.6) is 11.5 Å². The Hall–Kier alpha value is -3.14. The summed E-state index contributed by atoms with van der Waals surface area (Å²) in [7, 11) is 1.56. The first kappa shape index (κ1) is 23.6. The van der Waals surface area contributed by atoms with Gasteiger partial charge < -0.3 is 24.4 Å². The van der Waals surface area contributed by atoms with Crippen molar-refractivity contribution in [1.82, 2.24) is 25.2 Å². The molecule has 0 saturated carbocycles. The number of aromatic nitrogens is 3. The molecule has 35 heavy (non-hydrogen) atoms. The quantitative estimate of drug-likeness (QED) is 0.659. The maximum Gasteiger partial charge on any atom is 0.251 e. The van der Waals surface area contributed by atoms with E-state index < -0.39 is 0 Å². The third-order valence-electron chi connectivity index (χ3n) is 7.37. The zero-order valence-corrected chi connectivity index (χ0v) is 20.2. The first-order valence-electron chi connectivity index (χ1n) is 12.4. The van der Waals surface area contributed by atoms with Crippen molar-refractivity contribution in [1.29, 1.82) is 0 Å². The van der Waals surface area contributed by atoms with Crippen molar-refractivity contribution in [2.45, 2.75) is 51.2 Å². The molecule has 10 heteroatoms. The molecular weight excluding hydrogens is 450 g/mol. The number of amides is 2. The molecule has 1 unspecified atom stereocenters. The van der Waals surface area contributed by atoms with Gasteiger partial charge in [-0.05, 0) is 55.7 Å². The molecular formula is C25H33N5O5. The SMILES string of the molecule is COc1cc2ccc1OCCn1cc(nn1)CCCC(=O)N1CCC3(CC1)COC(CNC2=O)C3. The first-order valence-corrected chi connectivity index (χ1v) is 12.4. The second kappa shape index (κ2) is 10.2. The van der Waals surface area contributed by atoms with E-state index in [9.17, 15) is 9.59 Å². The Balaban J connectivity index is 1.30. The van der Waals surface area contributed by atoms with Crippen LogP contribution >= 0.6 is 0 Å². The van der Waals surface area contributed by atoms with Gasteiger partial charge in [0.15, 0.2) is 11.5 Å². The molecule has 1 aromatic heterocycles. The van der Waals surface area contributed by atoms with Gasteiger partial charge in [0.25, 0.3) is 5.91 Å². The van der Waals surface area contributed by atoms with E-state index in [-0.39, 0.29) is 23.3 Å². The highest BCUT2D eigenvalue weighted by atomic mass is 16.5. The first-order chi connectivity index (χ1) is 17.0. The monoisotopic (exact) mass is 483 g/mol. The van der Waals surface area contributed by atoms with Crippen molar-refractivity contribution in [3.05, 3.63) is 35.7 Å². The van der Waals surface area contributed by atoms with E-state index in [1.807, 2.05) is 11.1 Å². The van der Waals surface area contributed by atoms with Crippen molar-refractivity contribution in [2.24, 2.45) is 5.41 Å². The summed E-state index contributed by atoms with van der Waals surface area (Å²) < 4.78 is 19.1. The largest absolute Gasteiger partial charge is 0.493 e. The lowest BCUT2D eigenvalue weighted by Gasteiger charge is -2.38. The lowest BCUT2D eigenvalue weighted by Crippen LogP contribution is -2.43. The van der Waals surface area contributed by atoms with Gasteiger partial charge in [0.1, 0.15) is 6.61 Å². The maximum atomic E-state index is 12.8. The summed E-state index contributed by atoms with van der Waals surface area (Å²) in [5, 5.41) is 11.4. The van der Waals surface area contributed by atoms with E-state index in [1.54, 1.807) is 30.0 Å². The number of benzene rings is 1. The molecule has 10 nitrogen and oxygen atoms in total. The number of nitrogens with zero attached hydrogens (tertiary/aromatic N) is 4. The minimum atomic E-state index is -0.173. The summed E-state index contributed by atoms with van der Waals surface area (Å²) in [5.74, 6) is 1.10. The third kappa shape index (κ3) is 5.42. The van der Waals surface area contributed by atoms with E-state index in [1.165, 1.54) is 0 Å². The fraction of sp³-hybridized carbons (Fsp3) is 0.600. The number of nitrogens with one attached hydrogen (secondary N) is 1. The summed E-state index contributed by atoms with van der Waals surface area (Å²) in [6.45, 7) is 3.58. The van der Waals surface area contributed by atoms with Crippen molar-refractivity contribution in [3.63, 3.8) is 0 Å². The van der Waals surface area contributed by atoms with Crippen molar-refractivity contribution in [3.8, 4) is 11.5 Å². The van der Waals surface area contributed by atoms with E-state index in [4.69, 9.17) is 14.2 Å². The Morgan fingerprint density at radius 3 is 2.86 bits per heavy atom. The minimum absolute atomic E-state index is 0.0137. The normalized spacial score (nSPS) is 25.9. The summed E-state index contributed by atoms with van der Waals surface area (Å²) in [4.78, 5) is 27.5. The Morgan fingerprint density at radius 1 is 1.17 bits per heavy atom. The van der Waals surface area contributed by atoms with E-state index in [0.29, 0.717) is 49.8 Å². The second-order valence-corrected chi connectivity index (χ2v) is 9.77. The second-order valence-electron chi connectivity index (χ2n) is 9.77. The number of rotatable bonds is 1. The van der Waals surface area contributed by atoms with E-state index in [0.717, 1.165) is 50.9 Å². The fourth-order valence-electron chi connectivity index (χ4n) is 5.23. The number of methoxy groups -OCH3 is 1. The highest BCUT2D eigenvalue weighted by Crippen LogP contribution is 2.42. The zero-order chi connectivity index (χ0) is 24.3. The van der Waals surface area contributed by atoms with Crippen molar-refractivity contribution >= 4 is 11.8 Å². The van der Waals surface area contributed by atoms with Crippen LogP contribution in [0, 0.1) is 5.41 Å². The third-order valence-corrected chi connectivity index (χ3v) is 7.37. The minimum Gasteiger partial charge on any atom is -0.493 e. The molecule has 1 atom stereocenters. The van der Waals surface area contributed by atoms with Gasteiger partial charge in [-0.1, -0.05) is 5.21 Å². The Kier molecular flexibility index (Phi) is 6.90. The number of carbonyl (C=O) groups is 2. The van der Waals surface area contributed by atoms with Gasteiger partial charge >= 0.3 is 0 Å². The van der Waals surface area contributed by atoms with Gasteiger partial charge in [-0.25, -0.2) is 4.68 Å². The molecule has 1 N–H and O–H groups in total. The molecule has 188 valence electrons. The lowest BCUT2D eigenvalue weighted by molar-refractivity contribution is -0.133. The predicted octanol–water partition coefficient (Wildman–Crippen LogP) is 1.83. The number of carbonyl (C=O) groups excluding carboxylic acids is 2. The topological polar surface area (TPSA) is 108 Å². The van der Waals surface area contributed by atoms with Crippen LogP contribution in [0.4, 0.5) is 0 Å². The van der Waals surface area contributed by atoms with Crippen LogP contribution in [-0.4, -0.2) is 77.8 Å². The van der Waals surface area contributed by atoms with Crippen molar-refractivity contribution in [2.75, 3.05) is 40.0 Å². The molecule has 2 fully saturated rings. The van der Waals surface area contributed by atoms with Crippen LogP contribution in [0.1, 0.15) is 48.2 Å². The van der Waals surface area contributed by atoms with Crippen LogP contribution in [0.25, 0.3) is 0 Å². The van der Waals surface area contributed by atoms with E-state index >= 15 is 0 Å². The highest BCUT2D eigenvalue weighted by molar-refractivity contribution is 5.94. The Labute approximate surface area is 204 Å². The molecule has 6 aliphatic heterocycles. The molecule has 7 bridgehead atoms. The maximum absolute atomic E-state index is 12.8. The molecule has 6 aliphatic rings. The molecule has 0 aliphatic carbocycles. The zero-order valence-electron chi connectivity index (χ0n) is 20.2. The summed E-state index contributed by atoms with van der Waals surface area (Å²) in [6.07, 6.45) is 6.66. The molecule has 8 rings (SSSR count). The average Bonchev–Trinajstić information content (AvgIpc) is 3.49. The standard InChI is InChI=1S/C25H33N5O5/c1-33-22-13-18-5-6-21(22)34-12-11-30-16-19(27-28-30)3-2-4-23(31)29-9-7-25(8-10-29)14-20(35-17-25)15-26-24(18)32/h5-6,13,16,20H,2-4,7-12,14-15,17H2,1H3,(H,26,32). The van der Waals surface area contributed by atoms with Crippen LogP contribution in [-0.2, 0) is 22.5 Å².